The Morgan fingerprint density at radius 1 is 1.20 bits per heavy atom. The third-order valence-corrected chi connectivity index (χ3v) is 2.38. The number of rotatable bonds is 1. The lowest BCUT2D eigenvalue weighted by molar-refractivity contribution is 0.507. The van der Waals surface area contributed by atoms with Gasteiger partial charge in [-0.2, -0.15) is 0 Å². The van der Waals surface area contributed by atoms with Crippen molar-refractivity contribution in [2.24, 2.45) is 0 Å². The van der Waals surface area contributed by atoms with Crippen molar-refractivity contribution < 1.29 is 8.78 Å². The van der Waals surface area contributed by atoms with Gasteiger partial charge in [-0.05, 0) is 24.3 Å². The topological polar surface area (TPSA) is 12.9 Å². The molecule has 0 amide bonds. The molecule has 1 aromatic heterocycles. The highest BCUT2D eigenvalue weighted by molar-refractivity contribution is 9.10. The minimum absolute atomic E-state index is 0.00116. The SMILES string of the molecule is Fc1ccnc(-c2c[c]c(Br)cc2)c1F. The van der Waals surface area contributed by atoms with Crippen LogP contribution in [0.4, 0.5) is 8.78 Å². The van der Waals surface area contributed by atoms with Crippen LogP contribution >= 0.6 is 15.9 Å². The summed E-state index contributed by atoms with van der Waals surface area (Å²) >= 11 is 3.21. The molecule has 1 heterocycles. The van der Waals surface area contributed by atoms with Gasteiger partial charge in [0.05, 0.1) is 0 Å². The van der Waals surface area contributed by atoms with Gasteiger partial charge in [-0.1, -0.05) is 22.0 Å². The zero-order valence-corrected chi connectivity index (χ0v) is 9.05. The summed E-state index contributed by atoms with van der Waals surface area (Å²) in [5, 5.41) is 0. The monoisotopic (exact) mass is 268 g/mol. The van der Waals surface area contributed by atoms with Crippen LogP contribution in [0.15, 0.2) is 34.9 Å². The Hall–Kier alpha value is -1.29. The second-order valence-electron chi connectivity index (χ2n) is 2.88. The normalized spacial score (nSPS) is 10.3. The van der Waals surface area contributed by atoms with E-state index in [1.807, 2.05) is 0 Å². The van der Waals surface area contributed by atoms with Crippen LogP contribution in [0.1, 0.15) is 0 Å². The first-order valence-electron chi connectivity index (χ1n) is 4.16. The molecule has 2 rings (SSSR count). The molecule has 0 spiro atoms. The van der Waals surface area contributed by atoms with E-state index >= 15 is 0 Å². The van der Waals surface area contributed by atoms with E-state index < -0.39 is 11.6 Å². The molecule has 1 radical (unpaired) electrons. The Labute approximate surface area is 93.9 Å². The second kappa shape index (κ2) is 4.06. The first-order chi connectivity index (χ1) is 7.18. The molecule has 0 aliphatic carbocycles. The van der Waals surface area contributed by atoms with Crippen LogP contribution in [-0.4, -0.2) is 4.98 Å². The molecule has 0 fully saturated rings. The first kappa shape index (κ1) is 10.2. The lowest BCUT2D eigenvalue weighted by Crippen LogP contribution is -1.92. The van der Waals surface area contributed by atoms with Crippen molar-refractivity contribution in [3.63, 3.8) is 0 Å². The van der Waals surface area contributed by atoms with Crippen LogP contribution in [-0.2, 0) is 0 Å². The highest BCUT2D eigenvalue weighted by atomic mass is 79.9. The molecule has 0 saturated heterocycles. The van der Waals surface area contributed by atoms with Crippen LogP contribution in [0.2, 0.25) is 0 Å². The van der Waals surface area contributed by atoms with Crippen LogP contribution in [0.25, 0.3) is 11.3 Å². The number of nitrogens with zero attached hydrogens (tertiary/aromatic N) is 1. The van der Waals surface area contributed by atoms with Crippen molar-refractivity contribution in [1.29, 1.82) is 0 Å². The van der Waals surface area contributed by atoms with Gasteiger partial charge in [0, 0.05) is 16.2 Å². The standard InChI is InChI=1S/C11H5BrF2N/c12-8-3-1-7(2-4-8)11-10(14)9(13)5-6-15-11/h1-3,5-6H. The summed E-state index contributed by atoms with van der Waals surface area (Å²) in [6.45, 7) is 0. The average molecular weight is 269 g/mol. The van der Waals surface area contributed by atoms with Crippen molar-refractivity contribution in [1.82, 2.24) is 4.98 Å². The molecular formula is C11H5BrF2N. The van der Waals surface area contributed by atoms with Gasteiger partial charge in [-0.3, -0.25) is 4.98 Å². The molecule has 0 aliphatic rings. The Morgan fingerprint density at radius 3 is 2.67 bits per heavy atom. The zero-order valence-electron chi connectivity index (χ0n) is 7.47. The molecule has 15 heavy (non-hydrogen) atoms. The number of hydrogen-bond donors (Lipinski definition) is 0. The Kier molecular flexibility index (Phi) is 2.77. The molecule has 0 aliphatic heterocycles. The molecule has 4 heteroatoms. The van der Waals surface area contributed by atoms with Gasteiger partial charge in [0.1, 0.15) is 5.69 Å². The molecule has 0 N–H and O–H groups in total. The summed E-state index contributed by atoms with van der Waals surface area (Å²) in [5.41, 5.74) is 0.494. The van der Waals surface area contributed by atoms with Crippen LogP contribution < -0.4 is 0 Å². The minimum atomic E-state index is -0.937. The van der Waals surface area contributed by atoms with E-state index in [2.05, 4.69) is 27.0 Å². The number of aromatic nitrogens is 1. The maximum Gasteiger partial charge on any atom is 0.185 e. The van der Waals surface area contributed by atoms with Crippen LogP contribution in [0.3, 0.4) is 0 Å². The van der Waals surface area contributed by atoms with Crippen LogP contribution in [0, 0.1) is 17.7 Å². The third kappa shape index (κ3) is 2.04. The van der Waals surface area contributed by atoms with Crippen molar-refractivity contribution in [2.45, 2.75) is 0 Å². The maximum atomic E-state index is 13.3. The van der Waals surface area contributed by atoms with Gasteiger partial charge >= 0.3 is 0 Å². The smallest absolute Gasteiger partial charge is 0.185 e. The maximum absolute atomic E-state index is 13.3. The lowest BCUT2D eigenvalue weighted by atomic mass is 10.1. The Morgan fingerprint density at radius 2 is 2.00 bits per heavy atom. The van der Waals surface area contributed by atoms with Gasteiger partial charge in [0.25, 0.3) is 0 Å². The van der Waals surface area contributed by atoms with Crippen LogP contribution in [0.5, 0.6) is 0 Å². The lowest BCUT2D eigenvalue weighted by Gasteiger charge is -2.02. The van der Waals surface area contributed by atoms with Crippen molar-refractivity contribution in [3.05, 3.63) is 52.6 Å². The highest BCUT2D eigenvalue weighted by Gasteiger charge is 2.10. The molecule has 0 atom stereocenters. The predicted molar refractivity (Wildman–Crippen MR) is 56.1 cm³/mol. The second-order valence-corrected chi connectivity index (χ2v) is 3.73. The summed E-state index contributed by atoms with van der Waals surface area (Å²) in [6, 6.07) is 8.71. The van der Waals surface area contributed by atoms with Gasteiger partial charge in [-0.15, -0.1) is 0 Å². The quantitative estimate of drug-likeness (QED) is 0.770. The van der Waals surface area contributed by atoms with Gasteiger partial charge < -0.3 is 0 Å². The minimum Gasteiger partial charge on any atom is -0.253 e. The average Bonchev–Trinajstić information content (AvgIpc) is 2.24. The van der Waals surface area contributed by atoms with Gasteiger partial charge in [-0.25, -0.2) is 8.78 Å². The molecule has 1 nitrogen and oxygen atoms in total. The Bertz CT molecular complexity index is 482. The van der Waals surface area contributed by atoms with Crippen molar-refractivity contribution in [3.8, 4) is 11.3 Å². The molecule has 2 aromatic rings. The number of pyridine rings is 1. The fourth-order valence-electron chi connectivity index (χ4n) is 1.17. The highest BCUT2D eigenvalue weighted by Crippen LogP contribution is 2.23. The van der Waals surface area contributed by atoms with Crippen molar-refractivity contribution >= 4 is 15.9 Å². The molecular weight excluding hydrogens is 264 g/mol. The Balaban J connectivity index is 2.54. The molecule has 0 unspecified atom stereocenters. The van der Waals surface area contributed by atoms with E-state index in [-0.39, 0.29) is 5.69 Å². The number of benzene rings is 1. The largest absolute Gasteiger partial charge is 0.253 e. The fraction of sp³-hybridized carbons (Fsp3) is 0. The van der Waals surface area contributed by atoms with E-state index in [1.165, 1.54) is 6.20 Å². The summed E-state index contributed by atoms with van der Waals surface area (Å²) < 4.78 is 27.0. The van der Waals surface area contributed by atoms with E-state index in [0.29, 0.717) is 5.56 Å². The number of hydrogen-bond acceptors (Lipinski definition) is 1. The molecule has 0 bridgehead atoms. The van der Waals surface area contributed by atoms with Crippen molar-refractivity contribution in [2.75, 3.05) is 0 Å². The van der Waals surface area contributed by atoms with E-state index in [4.69, 9.17) is 0 Å². The van der Waals surface area contributed by atoms with E-state index in [1.54, 1.807) is 18.2 Å². The van der Waals surface area contributed by atoms with E-state index in [0.717, 1.165) is 10.5 Å². The van der Waals surface area contributed by atoms with Gasteiger partial charge in [0.2, 0.25) is 0 Å². The molecule has 75 valence electrons. The predicted octanol–water partition coefficient (Wildman–Crippen LogP) is 3.59. The fourth-order valence-corrected chi connectivity index (χ4v) is 1.42. The number of halogens is 3. The van der Waals surface area contributed by atoms with Gasteiger partial charge in [0.15, 0.2) is 11.6 Å². The summed E-state index contributed by atoms with van der Waals surface area (Å²) in [6.07, 6.45) is 1.23. The molecule has 1 aromatic carbocycles. The molecule has 0 saturated carbocycles. The third-order valence-electron chi connectivity index (χ3n) is 1.89. The first-order valence-corrected chi connectivity index (χ1v) is 4.95. The summed E-state index contributed by atoms with van der Waals surface area (Å²) in [5.74, 6) is -1.84. The zero-order chi connectivity index (χ0) is 10.8. The summed E-state index contributed by atoms with van der Waals surface area (Å²) in [4.78, 5) is 3.79. The van der Waals surface area contributed by atoms with E-state index in [9.17, 15) is 8.78 Å². The summed E-state index contributed by atoms with van der Waals surface area (Å²) in [7, 11) is 0.